The number of carbonyl (C=O) groups excluding carboxylic acids is 1. The first-order valence-electron chi connectivity index (χ1n) is 8.19. The minimum Gasteiger partial charge on any atom is -0.494 e. The highest BCUT2D eigenvalue weighted by atomic mass is 16.5. The van der Waals surface area contributed by atoms with Crippen molar-refractivity contribution < 1.29 is 9.53 Å². The van der Waals surface area contributed by atoms with Crippen molar-refractivity contribution in [2.45, 2.75) is 45.3 Å². The maximum atomic E-state index is 12.9. The first-order chi connectivity index (χ1) is 10.7. The Hall–Kier alpha value is -1.75. The highest BCUT2D eigenvalue weighted by Crippen LogP contribution is 2.40. The minimum atomic E-state index is 0.150. The SMILES string of the molecule is COc1c(N2CCCN(C3CC3)C2=O)cc2c(c1C)CNC2. The Labute approximate surface area is 131 Å². The Bertz CT molecular complexity index is 625. The summed E-state index contributed by atoms with van der Waals surface area (Å²) in [6.07, 6.45) is 3.34. The lowest BCUT2D eigenvalue weighted by Crippen LogP contribution is -2.50. The standard InChI is InChI=1S/C17H23N3O2/c1-11-14-10-18-9-12(14)8-15(16(11)22-2)20-7-3-6-19(17(20)21)13-4-5-13/h8,13,18H,3-7,9-10H2,1-2H3. The van der Waals surface area contributed by atoms with Crippen LogP contribution >= 0.6 is 0 Å². The second-order valence-electron chi connectivity index (χ2n) is 6.51. The molecule has 1 aliphatic carbocycles. The summed E-state index contributed by atoms with van der Waals surface area (Å²) in [5, 5.41) is 3.39. The van der Waals surface area contributed by atoms with Crippen molar-refractivity contribution in [2.75, 3.05) is 25.1 Å². The van der Waals surface area contributed by atoms with Gasteiger partial charge in [-0.3, -0.25) is 4.90 Å². The molecule has 5 nitrogen and oxygen atoms in total. The van der Waals surface area contributed by atoms with Crippen LogP contribution in [-0.4, -0.2) is 37.2 Å². The number of nitrogens with one attached hydrogen (secondary N) is 1. The highest BCUT2D eigenvalue weighted by Gasteiger charge is 2.38. The first-order valence-corrected chi connectivity index (χ1v) is 8.19. The molecule has 0 aromatic heterocycles. The predicted octanol–water partition coefficient (Wildman–Crippen LogP) is 2.40. The van der Waals surface area contributed by atoms with E-state index in [1.807, 2.05) is 9.80 Å². The molecule has 0 unspecified atom stereocenters. The Morgan fingerprint density at radius 2 is 2.09 bits per heavy atom. The quantitative estimate of drug-likeness (QED) is 0.932. The van der Waals surface area contributed by atoms with Gasteiger partial charge in [0.15, 0.2) is 0 Å². The lowest BCUT2D eigenvalue weighted by atomic mass is 10.0. The van der Waals surface area contributed by atoms with Gasteiger partial charge in [-0.05, 0) is 48.9 Å². The van der Waals surface area contributed by atoms with Crippen molar-refractivity contribution in [2.24, 2.45) is 0 Å². The number of methoxy groups -OCH3 is 1. The molecule has 0 bridgehead atoms. The van der Waals surface area contributed by atoms with Crippen LogP contribution in [0, 0.1) is 6.92 Å². The van der Waals surface area contributed by atoms with Crippen LogP contribution in [0.4, 0.5) is 10.5 Å². The Morgan fingerprint density at radius 1 is 1.27 bits per heavy atom. The maximum Gasteiger partial charge on any atom is 0.324 e. The average Bonchev–Trinajstić information content (AvgIpc) is 3.25. The number of anilines is 1. The van der Waals surface area contributed by atoms with Gasteiger partial charge in [-0.1, -0.05) is 0 Å². The van der Waals surface area contributed by atoms with Crippen LogP contribution in [0.3, 0.4) is 0 Å². The number of fused-ring (bicyclic) bond motifs is 1. The van der Waals surface area contributed by atoms with Gasteiger partial charge in [0.25, 0.3) is 0 Å². The van der Waals surface area contributed by atoms with Gasteiger partial charge in [0, 0.05) is 32.2 Å². The second-order valence-corrected chi connectivity index (χ2v) is 6.51. The summed E-state index contributed by atoms with van der Waals surface area (Å²) < 4.78 is 5.67. The van der Waals surface area contributed by atoms with E-state index >= 15 is 0 Å². The van der Waals surface area contributed by atoms with E-state index in [1.54, 1.807) is 7.11 Å². The van der Waals surface area contributed by atoms with E-state index in [9.17, 15) is 4.79 Å². The molecule has 22 heavy (non-hydrogen) atoms. The molecular formula is C17H23N3O2. The molecule has 1 aromatic carbocycles. The largest absolute Gasteiger partial charge is 0.494 e. The predicted molar refractivity (Wildman–Crippen MR) is 85.4 cm³/mol. The van der Waals surface area contributed by atoms with Gasteiger partial charge in [0.05, 0.1) is 12.8 Å². The number of benzene rings is 1. The van der Waals surface area contributed by atoms with Crippen LogP contribution in [-0.2, 0) is 13.1 Å². The first kappa shape index (κ1) is 13.9. The molecule has 0 spiro atoms. The molecule has 1 saturated carbocycles. The molecule has 4 rings (SSSR count). The van der Waals surface area contributed by atoms with Crippen LogP contribution in [0.5, 0.6) is 5.75 Å². The van der Waals surface area contributed by atoms with Crippen molar-refractivity contribution in [3.05, 3.63) is 22.8 Å². The van der Waals surface area contributed by atoms with Crippen molar-refractivity contribution >= 4 is 11.7 Å². The summed E-state index contributed by atoms with van der Waals surface area (Å²) in [7, 11) is 1.70. The van der Waals surface area contributed by atoms with Crippen LogP contribution in [0.2, 0.25) is 0 Å². The van der Waals surface area contributed by atoms with Crippen molar-refractivity contribution in [3.8, 4) is 5.75 Å². The summed E-state index contributed by atoms with van der Waals surface area (Å²) in [4.78, 5) is 16.8. The zero-order chi connectivity index (χ0) is 15.3. The van der Waals surface area contributed by atoms with E-state index in [-0.39, 0.29) is 6.03 Å². The van der Waals surface area contributed by atoms with Crippen molar-refractivity contribution in [1.29, 1.82) is 0 Å². The molecule has 0 radical (unpaired) electrons. The van der Waals surface area contributed by atoms with Crippen LogP contribution in [0.15, 0.2) is 6.07 Å². The monoisotopic (exact) mass is 301 g/mol. The maximum absolute atomic E-state index is 12.9. The topological polar surface area (TPSA) is 44.8 Å². The van der Waals surface area contributed by atoms with Crippen LogP contribution in [0.25, 0.3) is 0 Å². The van der Waals surface area contributed by atoms with Gasteiger partial charge < -0.3 is 15.0 Å². The number of nitrogens with zero attached hydrogens (tertiary/aromatic N) is 2. The van der Waals surface area contributed by atoms with Gasteiger partial charge in [-0.25, -0.2) is 4.79 Å². The fourth-order valence-corrected chi connectivity index (χ4v) is 3.77. The normalized spacial score (nSPS) is 21.3. The van der Waals surface area contributed by atoms with E-state index in [4.69, 9.17) is 4.74 Å². The fraction of sp³-hybridized carbons (Fsp3) is 0.588. The smallest absolute Gasteiger partial charge is 0.324 e. The van der Waals surface area contributed by atoms with E-state index in [0.29, 0.717) is 6.04 Å². The molecule has 2 fully saturated rings. The summed E-state index contributed by atoms with van der Waals surface area (Å²) in [5.41, 5.74) is 4.72. The van der Waals surface area contributed by atoms with E-state index in [1.165, 1.54) is 11.1 Å². The summed E-state index contributed by atoms with van der Waals surface area (Å²) in [5.74, 6) is 0.855. The molecule has 1 N–H and O–H groups in total. The summed E-state index contributed by atoms with van der Waals surface area (Å²) >= 11 is 0. The zero-order valence-electron chi connectivity index (χ0n) is 13.3. The Morgan fingerprint density at radius 3 is 2.82 bits per heavy atom. The molecule has 1 aromatic rings. The zero-order valence-corrected chi connectivity index (χ0v) is 13.3. The molecule has 1 saturated heterocycles. The molecule has 2 aliphatic heterocycles. The fourth-order valence-electron chi connectivity index (χ4n) is 3.77. The molecular weight excluding hydrogens is 278 g/mol. The number of carbonyl (C=O) groups is 1. The lowest BCUT2D eigenvalue weighted by Gasteiger charge is -2.36. The highest BCUT2D eigenvalue weighted by molar-refractivity contribution is 5.95. The second kappa shape index (κ2) is 5.16. The minimum absolute atomic E-state index is 0.150. The third-order valence-electron chi connectivity index (χ3n) is 5.08. The number of amides is 2. The molecule has 2 amide bonds. The number of ether oxygens (including phenoxy) is 1. The number of hydrogen-bond donors (Lipinski definition) is 1. The van der Waals surface area contributed by atoms with Crippen molar-refractivity contribution in [3.63, 3.8) is 0 Å². The molecule has 0 atom stereocenters. The third-order valence-corrected chi connectivity index (χ3v) is 5.08. The van der Waals surface area contributed by atoms with Gasteiger partial charge in [0.1, 0.15) is 5.75 Å². The number of rotatable bonds is 3. The molecule has 3 aliphatic rings. The van der Waals surface area contributed by atoms with Gasteiger partial charge in [-0.2, -0.15) is 0 Å². The van der Waals surface area contributed by atoms with Gasteiger partial charge >= 0.3 is 6.03 Å². The van der Waals surface area contributed by atoms with Crippen LogP contribution < -0.4 is 15.0 Å². The van der Waals surface area contributed by atoms with E-state index < -0.39 is 0 Å². The lowest BCUT2D eigenvalue weighted by molar-refractivity contribution is 0.192. The van der Waals surface area contributed by atoms with Crippen LogP contribution in [0.1, 0.15) is 36.0 Å². The third kappa shape index (κ3) is 2.07. The Balaban J connectivity index is 1.75. The Kier molecular flexibility index (Phi) is 3.26. The van der Waals surface area contributed by atoms with E-state index in [2.05, 4.69) is 18.3 Å². The molecule has 118 valence electrons. The van der Waals surface area contributed by atoms with Crippen molar-refractivity contribution in [1.82, 2.24) is 10.2 Å². The van der Waals surface area contributed by atoms with Gasteiger partial charge in [-0.15, -0.1) is 0 Å². The average molecular weight is 301 g/mol. The molecule has 2 heterocycles. The summed E-state index contributed by atoms with van der Waals surface area (Å²) in [6.45, 7) is 5.54. The number of hydrogen-bond acceptors (Lipinski definition) is 3. The van der Waals surface area contributed by atoms with Gasteiger partial charge in [0.2, 0.25) is 0 Å². The number of urea groups is 1. The van der Waals surface area contributed by atoms with E-state index in [0.717, 1.165) is 62.4 Å². The summed E-state index contributed by atoms with van der Waals surface area (Å²) in [6, 6.07) is 2.77. The molecule has 5 heteroatoms.